The third-order valence-corrected chi connectivity index (χ3v) is 4.33. The van der Waals surface area contributed by atoms with Crippen LogP contribution in [0.5, 0.6) is 0 Å². The molecule has 1 atom stereocenters. The molecule has 0 saturated carbocycles. The topological polar surface area (TPSA) is 69.6 Å². The number of hydrogen-bond acceptors (Lipinski definition) is 2. The van der Waals surface area contributed by atoms with E-state index in [0.717, 1.165) is 27.7 Å². The van der Waals surface area contributed by atoms with Crippen molar-refractivity contribution >= 4 is 33.6 Å². The van der Waals surface area contributed by atoms with Gasteiger partial charge in [-0.1, -0.05) is 6.07 Å². The maximum Gasteiger partial charge on any atom is 0.321 e. The first-order valence-electron chi connectivity index (χ1n) is 6.91. The number of carboxylic acids is 1. The number of benzene rings is 1. The highest BCUT2D eigenvalue weighted by Gasteiger charge is 2.28. The van der Waals surface area contributed by atoms with Gasteiger partial charge in [-0.25, -0.2) is 4.79 Å². The minimum atomic E-state index is -0.806. The number of amides is 2. The Balaban J connectivity index is 2.01. The molecular formula is C15H19BrN2O3. The Morgan fingerprint density at radius 2 is 2.14 bits per heavy atom. The van der Waals surface area contributed by atoms with Crippen molar-refractivity contribution in [2.75, 3.05) is 18.4 Å². The van der Waals surface area contributed by atoms with Crippen molar-refractivity contribution < 1.29 is 14.7 Å². The van der Waals surface area contributed by atoms with Crippen molar-refractivity contribution in [3.05, 3.63) is 27.7 Å². The predicted molar refractivity (Wildman–Crippen MR) is 84.6 cm³/mol. The molecule has 114 valence electrons. The van der Waals surface area contributed by atoms with Gasteiger partial charge in [-0.15, -0.1) is 0 Å². The van der Waals surface area contributed by atoms with Gasteiger partial charge in [-0.2, -0.15) is 0 Å². The Morgan fingerprint density at radius 1 is 1.43 bits per heavy atom. The number of carboxylic acid groups (broad SMARTS) is 1. The number of carbonyl (C=O) groups excluding carboxylic acids is 1. The molecule has 2 rings (SSSR count). The van der Waals surface area contributed by atoms with E-state index in [-0.39, 0.29) is 18.4 Å². The molecule has 1 heterocycles. The first kappa shape index (κ1) is 15.8. The minimum absolute atomic E-state index is 0.0517. The van der Waals surface area contributed by atoms with Crippen LogP contribution in [0.1, 0.15) is 24.0 Å². The van der Waals surface area contributed by atoms with Gasteiger partial charge in [0.1, 0.15) is 0 Å². The van der Waals surface area contributed by atoms with Crippen molar-refractivity contribution in [3.63, 3.8) is 0 Å². The first-order chi connectivity index (χ1) is 9.86. The molecule has 1 aliphatic heterocycles. The molecule has 21 heavy (non-hydrogen) atoms. The van der Waals surface area contributed by atoms with E-state index in [0.29, 0.717) is 13.1 Å². The van der Waals surface area contributed by atoms with Crippen molar-refractivity contribution in [3.8, 4) is 0 Å². The summed E-state index contributed by atoms with van der Waals surface area (Å²) in [7, 11) is 0. The molecule has 5 nitrogen and oxygen atoms in total. The molecule has 1 saturated heterocycles. The maximum absolute atomic E-state index is 12.3. The number of nitrogens with zero attached hydrogens (tertiary/aromatic N) is 1. The van der Waals surface area contributed by atoms with Gasteiger partial charge in [-0.05, 0) is 59.3 Å². The fourth-order valence-corrected chi connectivity index (χ4v) is 3.46. The highest BCUT2D eigenvalue weighted by Crippen LogP contribution is 2.29. The van der Waals surface area contributed by atoms with Crippen LogP contribution in [0, 0.1) is 19.8 Å². The van der Waals surface area contributed by atoms with Gasteiger partial charge in [0.25, 0.3) is 0 Å². The SMILES string of the molecule is Cc1cc(C)c(NC(=O)N2CCC(CC(=O)O)C2)c(Br)c1. The Kier molecular flexibility index (Phi) is 4.88. The second-order valence-electron chi connectivity index (χ2n) is 5.57. The van der Waals surface area contributed by atoms with Crippen LogP contribution in [0.3, 0.4) is 0 Å². The largest absolute Gasteiger partial charge is 0.481 e. The summed E-state index contributed by atoms with van der Waals surface area (Å²) >= 11 is 3.47. The molecule has 0 bridgehead atoms. The summed E-state index contributed by atoms with van der Waals surface area (Å²) in [4.78, 5) is 24.7. The van der Waals surface area contributed by atoms with Crippen LogP contribution in [0.15, 0.2) is 16.6 Å². The van der Waals surface area contributed by atoms with E-state index in [1.165, 1.54) is 0 Å². The number of nitrogens with one attached hydrogen (secondary N) is 1. The molecule has 0 aromatic heterocycles. The molecule has 0 aliphatic carbocycles. The van der Waals surface area contributed by atoms with Gasteiger partial charge in [0.15, 0.2) is 0 Å². The van der Waals surface area contributed by atoms with Crippen molar-refractivity contribution in [1.82, 2.24) is 4.90 Å². The van der Waals surface area contributed by atoms with Gasteiger partial charge in [0, 0.05) is 24.0 Å². The van der Waals surface area contributed by atoms with Crippen LogP contribution in [-0.2, 0) is 4.79 Å². The van der Waals surface area contributed by atoms with Gasteiger partial charge in [0.2, 0.25) is 0 Å². The lowest BCUT2D eigenvalue weighted by Gasteiger charge is -2.19. The Bertz CT molecular complexity index is 551. The van der Waals surface area contributed by atoms with Crippen LogP contribution < -0.4 is 5.32 Å². The lowest BCUT2D eigenvalue weighted by atomic mass is 10.1. The summed E-state index contributed by atoms with van der Waals surface area (Å²) in [6.45, 7) is 5.05. The number of carbonyl (C=O) groups is 2. The summed E-state index contributed by atoms with van der Waals surface area (Å²) in [5, 5.41) is 11.7. The fraction of sp³-hybridized carbons (Fsp3) is 0.467. The quantitative estimate of drug-likeness (QED) is 0.873. The van der Waals surface area contributed by atoms with Gasteiger partial charge >= 0.3 is 12.0 Å². The van der Waals surface area contributed by atoms with Crippen LogP contribution in [-0.4, -0.2) is 35.1 Å². The smallest absolute Gasteiger partial charge is 0.321 e. The van der Waals surface area contributed by atoms with E-state index >= 15 is 0 Å². The van der Waals surface area contributed by atoms with E-state index in [2.05, 4.69) is 21.2 Å². The normalized spacial score (nSPS) is 17.9. The van der Waals surface area contributed by atoms with Crippen molar-refractivity contribution in [1.29, 1.82) is 0 Å². The van der Waals surface area contributed by atoms with Crippen molar-refractivity contribution in [2.45, 2.75) is 26.7 Å². The molecule has 1 aliphatic rings. The van der Waals surface area contributed by atoms with Crippen LogP contribution in [0.25, 0.3) is 0 Å². The summed E-state index contributed by atoms with van der Waals surface area (Å²) in [6.07, 6.45) is 0.866. The van der Waals surface area contributed by atoms with E-state index in [1.807, 2.05) is 26.0 Å². The molecule has 2 N–H and O–H groups in total. The summed E-state index contributed by atoms with van der Waals surface area (Å²) in [6, 6.07) is 3.80. The summed E-state index contributed by atoms with van der Waals surface area (Å²) in [5.74, 6) is -0.754. The summed E-state index contributed by atoms with van der Waals surface area (Å²) in [5.41, 5.74) is 2.89. The molecule has 1 aromatic rings. The second kappa shape index (κ2) is 6.47. The average Bonchev–Trinajstić information content (AvgIpc) is 2.81. The molecule has 0 spiro atoms. The summed E-state index contributed by atoms with van der Waals surface area (Å²) < 4.78 is 0.856. The standard InChI is InChI=1S/C15H19BrN2O3/c1-9-5-10(2)14(12(16)6-9)17-15(21)18-4-3-11(8-18)7-13(19)20/h5-6,11H,3-4,7-8H2,1-2H3,(H,17,21)(H,19,20). The Hall–Kier alpha value is -1.56. The van der Waals surface area contributed by atoms with Crippen LogP contribution in [0.4, 0.5) is 10.5 Å². The lowest BCUT2D eigenvalue weighted by Crippen LogP contribution is -2.33. The van der Waals surface area contributed by atoms with Crippen molar-refractivity contribution in [2.24, 2.45) is 5.92 Å². The highest BCUT2D eigenvalue weighted by molar-refractivity contribution is 9.10. The third-order valence-electron chi connectivity index (χ3n) is 3.70. The van der Waals surface area contributed by atoms with E-state index in [4.69, 9.17) is 5.11 Å². The van der Waals surface area contributed by atoms with E-state index in [1.54, 1.807) is 4.90 Å². The predicted octanol–water partition coefficient (Wildman–Crippen LogP) is 3.39. The number of rotatable bonds is 3. The monoisotopic (exact) mass is 354 g/mol. The van der Waals surface area contributed by atoms with Gasteiger partial charge < -0.3 is 15.3 Å². The Morgan fingerprint density at radius 3 is 2.76 bits per heavy atom. The zero-order valence-corrected chi connectivity index (χ0v) is 13.7. The molecule has 0 radical (unpaired) electrons. The third kappa shape index (κ3) is 3.97. The molecule has 1 aromatic carbocycles. The van der Waals surface area contributed by atoms with Crippen LogP contribution in [0.2, 0.25) is 0 Å². The van der Waals surface area contributed by atoms with E-state index in [9.17, 15) is 9.59 Å². The second-order valence-corrected chi connectivity index (χ2v) is 6.42. The van der Waals surface area contributed by atoms with Gasteiger partial charge in [-0.3, -0.25) is 4.79 Å². The maximum atomic E-state index is 12.3. The fourth-order valence-electron chi connectivity index (χ4n) is 2.69. The molecule has 2 amide bonds. The molecule has 1 fully saturated rings. The molecular weight excluding hydrogens is 336 g/mol. The Labute approximate surface area is 132 Å². The number of likely N-dealkylation sites (tertiary alicyclic amines) is 1. The number of anilines is 1. The number of urea groups is 1. The zero-order valence-electron chi connectivity index (χ0n) is 12.1. The van der Waals surface area contributed by atoms with E-state index < -0.39 is 5.97 Å². The molecule has 1 unspecified atom stereocenters. The minimum Gasteiger partial charge on any atom is -0.481 e. The number of aliphatic carboxylic acids is 1. The zero-order chi connectivity index (χ0) is 15.6. The highest BCUT2D eigenvalue weighted by atomic mass is 79.9. The average molecular weight is 355 g/mol. The lowest BCUT2D eigenvalue weighted by molar-refractivity contribution is -0.138. The number of aryl methyl sites for hydroxylation is 2. The molecule has 6 heteroatoms. The van der Waals surface area contributed by atoms with Crippen LogP contribution >= 0.6 is 15.9 Å². The number of halogens is 1. The number of hydrogen-bond donors (Lipinski definition) is 2. The van der Waals surface area contributed by atoms with Gasteiger partial charge in [0.05, 0.1) is 5.69 Å². The first-order valence-corrected chi connectivity index (χ1v) is 7.70.